The molecule has 0 spiro atoms. The van der Waals surface area contributed by atoms with Crippen molar-refractivity contribution in [2.45, 2.75) is 13.0 Å². The van der Waals surface area contributed by atoms with E-state index in [2.05, 4.69) is 4.90 Å². The van der Waals surface area contributed by atoms with Crippen LogP contribution in [-0.2, 0) is 4.74 Å². The van der Waals surface area contributed by atoms with E-state index >= 15 is 0 Å². The number of ketones is 1. The van der Waals surface area contributed by atoms with Crippen molar-refractivity contribution in [3.05, 3.63) is 29.6 Å². The van der Waals surface area contributed by atoms with Crippen molar-refractivity contribution in [3.8, 4) is 5.75 Å². The number of rotatable bonds is 4. The fraction of sp³-hybridized carbons (Fsp3) is 0.500. The second-order valence-electron chi connectivity index (χ2n) is 4.46. The average Bonchev–Trinajstić information content (AvgIpc) is 2.46. The minimum absolute atomic E-state index is 0.227. The van der Waals surface area contributed by atoms with Crippen molar-refractivity contribution in [1.29, 1.82) is 0 Å². The first-order valence-electron chi connectivity index (χ1n) is 6.37. The van der Waals surface area contributed by atoms with Gasteiger partial charge in [0.25, 0.3) is 0 Å². The summed E-state index contributed by atoms with van der Waals surface area (Å²) in [5.41, 5.74) is 0.241. The predicted octanol–water partition coefficient (Wildman–Crippen LogP) is 1.74. The van der Waals surface area contributed by atoms with Crippen molar-refractivity contribution >= 4 is 5.78 Å². The summed E-state index contributed by atoms with van der Waals surface area (Å²) in [4.78, 5) is 14.5. The van der Waals surface area contributed by atoms with Gasteiger partial charge in [0, 0.05) is 13.1 Å². The molecule has 2 rings (SSSR count). The molecule has 1 aliphatic rings. The van der Waals surface area contributed by atoms with E-state index in [9.17, 15) is 9.18 Å². The Balaban J connectivity index is 2.21. The van der Waals surface area contributed by atoms with Crippen LogP contribution in [0.25, 0.3) is 0 Å². The van der Waals surface area contributed by atoms with Crippen molar-refractivity contribution < 1.29 is 18.7 Å². The Morgan fingerprint density at radius 2 is 2.37 bits per heavy atom. The SMILES string of the molecule is CCN1CCOC(C(=O)c2cc(F)ccc2OC)C1. The fourth-order valence-electron chi connectivity index (χ4n) is 2.19. The summed E-state index contributed by atoms with van der Waals surface area (Å²) in [7, 11) is 1.46. The molecule has 19 heavy (non-hydrogen) atoms. The van der Waals surface area contributed by atoms with Crippen LogP contribution in [0.3, 0.4) is 0 Å². The highest BCUT2D eigenvalue weighted by Crippen LogP contribution is 2.22. The lowest BCUT2D eigenvalue weighted by Gasteiger charge is -2.31. The summed E-state index contributed by atoms with van der Waals surface area (Å²) in [5.74, 6) is -0.301. The number of likely N-dealkylation sites (N-methyl/N-ethyl adjacent to an activating group) is 1. The smallest absolute Gasteiger partial charge is 0.196 e. The van der Waals surface area contributed by atoms with Gasteiger partial charge in [-0.1, -0.05) is 6.92 Å². The molecule has 0 amide bonds. The van der Waals surface area contributed by atoms with E-state index in [4.69, 9.17) is 9.47 Å². The summed E-state index contributed by atoms with van der Waals surface area (Å²) in [6, 6.07) is 3.94. The third-order valence-corrected chi connectivity index (χ3v) is 3.32. The van der Waals surface area contributed by atoms with Crippen molar-refractivity contribution in [2.75, 3.05) is 33.4 Å². The van der Waals surface area contributed by atoms with E-state index in [1.54, 1.807) is 0 Å². The van der Waals surface area contributed by atoms with E-state index in [0.717, 1.165) is 13.1 Å². The zero-order valence-electron chi connectivity index (χ0n) is 11.2. The minimum Gasteiger partial charge on any atom is -0.496 e. The van der Waals surface area contributed by atoms with Crippen LogP contribution in [0.5, 0.6) is 5.75 Å². The first kappa shape index (κ1) is 14.0. The molecule has 1 saturated heterocycles. The number of nitrogens with zero attached hydrogens (tertiary/aromatic N) is 1. The van der Waals surface area contributed by atoms with Crippen molar-refractivity contribution in [3.63, 3.8) is 0 Å². The Labute approximate surface area is 112 Å². The number of hydrogen-bond acceptors (Lipinski definition) is 4. The Morgan fingerprint density at radius 1 is 1.58 bits per heavy atom. The highest BCUT2D eigenvalue weighted by molar-refractivity contribution is 6.02. The fourth-order valence-corrected chi connectivity index (χ4v) is 2.19. The van der Waals surface area contributed by atoms with Crippen LogP contribution in [0.15, 0.2) is 18.2 Å². The lowest BCUT2D eigenvalue weighted by Crippen LogP contribution is -2.45. The number of carbonyl (C=O) groups is 1. The van der Waals surface area contributed by atoms with Gasteiger partial charge in [-0.3, -0.25) is 9.69 Å². The molecular weight excluding hydrogens is 249 g/mol. The van der Waals surface area contributed by atoms with Gasteiger partial charge in [-0.25, -0.2) is 4.39 Å². The van der Waals surface area contributed by atoms with Crippen LogP contribution in [0, 0.1) is 5.82 Å². The molecule has 0 saturated carbocycles. The summed E-state index contributed by atoms with van der Waals surface area (Å²) < 4.78 is 23.9. The summed E-state index contributed by atoms with van der Waals surface area (Å²) in [5, 5.41) is 0. The molecule has 0 N–H and O–H groups in total. The number of carbonyl (C=O) groups excluding carboxylic acids is 1. The maximum atomic E-state index is 13.3. The summed E-state index contributed by atoms with van der Waals surface area (Å²) in [6.07, 6.45) is -0.551. The van der Waals surface area contributed by atoms with Gasteiger partial charge in [0.05, 0.1) is 19.3 Å². The van der Waals surface area contributed by atoms with E-state index in [-0.39, 0.29) is 11.3 Å². The molecule has 1 aromatic rings. The monoisotopic (exact) mass is 267 g/mol. The molecule has 0 aliphatic carbocycles. The molecule has 0 aromatic heterocycles. The zero-order chi connectivity index (χ0) is 13.8. The zero-order valence-corrected chi connectivity index (χ0v) is 11.2. The van der Waals surface area contributed by atoms with Gasteiger partial charge in [0.15, 0.2) is 5.78 Å². The molecule has 0 bridgehead atoms. The molecule has 1 heterocycles. The van der Waals surface area contributed by atoms with Crippen LogP contribution in [0.4, 0.5) is 4.39 Å². The van der Waals surface area contributed by atoms with Crippen LogP contribution in [-0.4, -0.2) is 50.1 Å². The summed E-state index contributed by atoms with van der Waals surface area (Å²) >= 11 is 0. The average molecular weight is 267 g/mol. The van der Waals surface area contributed by atoms with Gasteiger partial charge in [-0.15, -0.1) is 0 Å². The molecular formula is C14H18FNO3. The number of benzene rings is 1. The number of ether oxygens (including phenoxy) is 2. The third-order valence-electron chi connectivity index (χ3n) is 3.32. The quantitative estimate of drug-likeness (QED) is 0.779. The molecule has 1 fully saturated rings. The number of hydrogen-bond donors (Lipinski definition) is 0. The van der Waals surface area contributed by atoms with E-state index in [1.165, 1.54) is 25.3 Å². The maximum Gasteiger partial charge on any atom is 0.196 e. The maximum absolute atomic E-state index is 13.3. The van der Waals surface area contributed by atoms with Crippen LogP contribution in [0.1, 0.15) is 17.3 Å². The Bertz CT molecular complexity index is 464. The first-order chi connectivity index (χ1) is 9.15. The molecule has 1 unspecified atom stereocenters. The second kappa shape index (κ2) is 6.12. The molecule has 1 atom stereocenters. The predicted molar refractivity (Wildman–Crippen MR) is 69.1 cm³/mol. The second-order valence-corrected chi connectivity index (χ2v) is 4.46. The van der Waals surface area contributed by atoms with Gasteiger partial charge in [-0.05, 0) is 24.7 Å². The molecule has 1 aromatic carbocycles. The molecule has 4 nitrogen and oxygen atoms in total. The highest BCUT2D eigenvalue weighted by atomic mass is 19.1. The lowest BCUT2D eigenvalue weighted by atomic mass is 10.0. The van der Waals surface area contributed by atoms with Crippen molar-refractivity contribution in [2.24, 2.45) is 0 Å². The Kier molecular flexibility index (Phi) is 4.50. The minimum atomic E-state index is -0.551. The van der Waals surface area contributed by atoms with E-state index in [0.29, 0.717) is 18.9 Å². The van der Waals surface area contributed by atoms with Crippen LogP contribution < -0.4 is 4.74 Å². The molecule has 104 valence electrons. The van der Waals surface area contributed by atoms with Crippen LogP contribution >= 0.6 is 0 Å². The number of methoxy groups -OCH3 is 1. The Hall–Kier alpha value is -1.46. The van der Waals surface area contributed by atoms with Gasteiger partial charge >= 0.3 is 0 Å². The molecule has 0 radical (unpaired) electrons. The first-order valence-corrected chi connectivity index (χ1v) is 6.37. The van der Waals surface area contributed by atoms with Crippen LogP contribution in [0.2, 0.25) is 0 Å². The summed E-state index contributed by atoms with van der Waals surface area (Å²) in [6.45, 7) is 4.78. The normalized spacial score (nSPS) is 20.3. The van der Waals surface area contributed by atoms with E-state index < -0.39 is 11.9 Å². The van der Waals surface area contributed by atoms with Crippen molar-refractivity contribution in [1.82, 2.24) is 4.90 Å². The standard InChI is InChI=1S/C14H18FNO3/c1-3-16-6-7-19-13(9-16)14(17)11-8-10(15)4-5-12(11)18-2/h4-5,8,13H,3,6-7,9H2,1-2H3. The third kappa shape index (κ3) is 3.11. The largest absolute Gasteiger partial charge is 0.496 e. The Morgan fingerprint density at radius 3 is 3.05 bits per heavy atom. The van der Waals surface area contributed by atoms with E-state index in [1.807, 2.05) is 6.92 Å². The highest BCUT2D eigenvalue weighted by Gasteiger charge is 2.28. The number of halogens is 1. The van der Waals surface area contributed by atoms with Gasteiger partial charge in [0.2, 0.25) is 0 Å². The number of Topliss-reactive ketones (excluding diaryl/α,β-unsaturated/α-hetero) is 1. The van der Waals surface area contributed by atoms with Gasteiger partial charge < -0.3 is 9.47 Å². The van der Waals surface area contributed by atoms with Gasteiger partial charge in [0.1, 0.15) is 17.7 Å². The van der Waals surface area contributed by atoms with Gasteiger partial charge in [-0.2, -0.15) is 0 Å². The lowest BCUT2D eigenvalue weighted by molar-refractivity contribution is -0.0150. The number of morpholine rings is 1. The molecule has 1 aliphatic heterocycles. The molecule has 5 heteroatoms. The topological polar surface area (TPSA) is 38.8 Å².